The second-order valence-electron chi connectivity index (χ2n) is 1.54. The first-order valence-electron chi connectivity index (χ1n) is 2.34. The lowest BCUT2D eigenvalue weighted by molar-refractivity contribution is 0.121. The van der Waals surface area contributed by atoms with Crippen molar-refractivity contribution in [1.29, 1.82) is 0 Å². The molecule has 0 aliphatic carbocycles. The molecule has 0 rings (SSSR count). The maximum absolute atomic E-state index is 12.1. The Morgan fingerprint density at radius 2 is 2.22 bits per heavy atom. The van der Waals surface area contributed by atoms with E-state index in [0.29, 0.717) is 0 Å². The van der Waals surface area contributed by atoms with Crippen LogP contribution in [0.25, 0.3) is 0 Å². The summed E-state index contributed by atoms with van der Waals surface area (Å²) in [7, 11) is -3.27. The van der Waals surface area contributed by atoms with Crippen molar-refractivity contribution in [3.8, 4) is 0 Å². The molecule has 0 amide bonds. The van der Waals surface area contributed by atoms with Gasteiger partial charge in [0.05, 0.1) is 0 Å². The van der Waals surface area contributed by atoms with Crippen LogP contribution >= 0.6 is 8.03 Å². The molecule has 4 N–H and O–H groups in total. The molecule has 0 aromatic rings. The van der Waals surface area contributed by atoms with Gasteiger partial charge in [-0.05, 0) is 0 Å². The maximum Gasteiger partial charge on any atom is 0.225 e. The summed E-state index contributed by atoms with van der Waals surface area (Å²) in [6.45, 7) is -0.335. The fourth-order valence-corrected chi connectivity index (χ4v) is 0.749. The first-order chi connectivity index (χ1) is 4.09. The summed E-state index contributed by atoms with van der Waals surface area (Å²) in [5.41, 5.74) is 4.79. The predicted octanol–water partition coefficient (Wildman–Crippen LogP) is -0.931. The van der Waals surface area contributed by atoms with Crippen LogP contribution in [0, 0.1) is 0 Å². The summed E-state index contributed by atoms with van der Waals surface area (Å²) in [5, 5.41) is 8.46. The average Bonchev–Trinajstić information content (AvgIpc) is 1.84. The van der Waals surface area contributed by atoms with Gasteiger partial charge >= 0.3 is 0 Å². The van der Waals surface area contributed by atoms with Crippen molar-refractivity contribution in [3.63, 3.8) is 0 Å². The van der Waals surface area contributed by atoms with Gasteiger partial charge in [0.1, 0.15) is 6.10 Å². The van der Waals surface area contributed by atoms with E-state index in [1.807, 2.05) is 0 Å². The third-order valence-electron chi connectivity index (χ3n) is 0.815. The first kappa shape index (κ1) is 9.04. The average molecular weight is 157 g/mol. The summed E-state index contributed by atoms with van der Waals surface area (Å²) in [6, 6.07) is 0. The van der Waals surface area contributed by atoms with E-state index in [1.165, 1.54) is 0 Å². The molecule has 0 saturated heterocycles. The lowest BCUT2D eigenvalue weighted by Gasteiger charge is -2.08. The van der Waals surface area contributed by atoms with Crippen LogP contribution in [0.15, 0.2) is 0 Å². The van der Waals surface area contributed by atoms with Crippen molar-refractivity contribution in [1.82, 2.24) is 0 Å². The van der Waals surface area contributed by atoms with Crippen molar-refractivity contribution in [3.05, 3.63) is 0 Å². The highest BCUT2D eigenvalue weighted by atomic mass is 31.1. The molecule has 9 heavy (non-hydrogen) atoms. The molecule has 0 saturated carbocycles. The van der Waals surface area contributed by atoms with Crippen molar-refractivity contribution >= 4 is 8.03 Å². The third-order valence-corrected chi connectivity index (χ3v) is 1.67. The highest BCUT2D eigenvalue weighted by Gasteiger charge is 2.21. The molecular weight excluding hydrogens is 148 g/mol. The normalized spacial score (nSPS) is 20.9. The third kappa shape index (κ3) is 2.91. The second kappa shape index (κ2) is 3.95. The largest absolute Gasteiger partial charge is 0.388 e. The van der Waals surface area contributed by atoms with Crippen LogP contribution in [0.3, 0.4) is 0 Å². The van der Waals surface area contributed by atoms with Crippen LogP contribution in [0.2, 0.25) is 0 Å². The Balaban J connectivity index is 3.72. The minimum Gasteiger partial charge on any atom is -0.388 e. The van der Waals surface area contributed by atoms with Gasteiger partial charge in [0.25, 0.3) is 0 Å². The molecule has 0 radical (unpaired) electrons. The van der Waals surface area contributed by atoms with Crippen molar-refractivity contribution in [2.45, 2.75) is 12.0 Å². The van der Waals surface area contributed by atoms with Gasteiger partial charge in [0, 0.05) is 6.54 Å². The maximum atomic E-state index is 12.1. The second-order valence-corrected chi connectivity index (χ2v) is 2.77. The standard InChI is InChI=1S/C3H9FNO3P/c4-3(9(7)8)2(6)1-5/h2-3,6,9H,1,5H2,(H,7,8). The molecule has 0 fully saturated rings. The summed E-state index contributed by atoms with van der Waals surface area (Å²) < 4.78 is 22.0. The van der Waals surface area contributed by atoms with Gasteiger partial charge in [0.2, 0.25) is 8.03 Å². The Bertz CT molecular complexity index is 111. The monoisotopic (exact) mass is 157 g/mol. The lowest BCUT2D eigenvalue weighted by atomic mass is 10.4. The molecule has 0 aliphatic heterocycles. The molecule has 3 unspecified atom stereocenters. The fraction of sp³-hybridized carbons (Fsp3) is 1.00. The summed E-state index contributed by atoms with van der Waals surface area (Å²) in [6.07, 6.45) is -1.51. The van der Waals surface area contributed by atoms with Gasteiger partial charge < -0.3 is 15.7 Å². The number of hydrogen-bond acceptors (Lipinski definition) is 3. The van der Waals surface area contributed by atoms with Crippen LogP contribution in [0.1, 0.15) is 0 Å². The van der Waals surface area contributed by atoms with Crippen LogP contribution in [-0.4, -0.2) is 28.6 Å². The first-order valence-corrected chi connectivity index (χ1v) is 3.78. The van der Waals surface area contributed by atoms with E-state index in [2.05, 4.69) is 0 Å². The Kier molecular flexibility index (Phi) is 3.97. The van der Waals surface area contributed by atoms with Crippen molar-refractivity contribution in [2.24, 2.45) is 5.73 Å². The van der Waals surface area contributed by atoms with Crippen LogP contribution in [-0.2, 0) is 4.57 Å². The number of nitrogens with two attached hydrogens (primary N) is 1. The van der Waals surface area contributed by atoms with Gasteiger partial charge in [-0.2, -0.15) is 0 Å². The van der Waals surface area contributed by atoms with E-state index in [9.17, 15) is 8.96 Å². The molecule has 3 atom stereocenters. The number of aliphatic hydroxyl groups excluding tert-OH is 1. The lowest BCUT2D eigenvalue weighted by Crippen LogP contribution is -2.27. The van der Waals surface area contributed by atoms with Gasteiger partial charge in [-0.1, -0.05) is 0 Å². The van der Waals surface area contributed by atoms with E-state index in [-0.39, 0.29) is 6.54 Å². The minimum absolute atomic E-state index is 0.335. The number of rotatable bonds is 3. The van der Waals surface area contributed by atoms with Crippen molar-refractivity contribution in [2.75, 3.05) is 6.54 Å². The molecule has 0 spiro atoms. The fourth-order valence-electron chi connectivity index (χ4n) is 0.284. The summed E-state index contributed by atoms with van der Waals surface area (Å²) in [4.78, 5) is 8.08. The SMILES string of the molecule is NCC(O)C(F)[PH](=O)O. The van der Waals surface area contributed by atoms with Crippen LogP contribution in [0.5, 0.6) is 0 Å². The smallest absolute Gasteiger partial charge is 0.225 e. The molecule has 0 aliphatic rings. The highest BCUT2D eigenvalue weighted by molar-refractivity contribution is 7.38. The zero-order valence-corrected chi connectivity index (χ0v) is 5.62. The Morgan fingerprint density at radius 1 is 1.78 bits per heavy atom. The van der Waals surface area contributed by atoms with Crippen LogP contribution < -0.4 is 5.73 Å². The van der Waals surface area contributed by atoms with Gasteiger partial charge in [-0.3, -0.25) is 4.57 Å². The van der Waals surface area contributed by atoms with Crippen molar-refractivity contribution < 1.29 is 19.0 Å². The highest BCUT2D eigenvalue weighted by Crippen LogP contribution is 2.25. The molecular formula is C3H9FNO3P. The van der Waals surface area contributed by atoms with Gasteiger partial charge in [-0.25, -0.2) is 4.39 Å². The van der Waals surface area contributed by atoms with E-state index < -0.39 is 20.0 Å². The van der Waals surface area contributed by atoms with E-state index >= 15 is 0 Å². The number of aliphatic hydroxyl groups is 1. The van der Waals surface area contributed by atoms with E-state index in [0.717, 1.165) is 0 Å². The number of alkyl halides is 1. The van der Waals surface area contributed by atoms with Gasteiger partial charge in [-0.15, -0.1) is 0 Å². The topological polar surface area (TPSA) is 83.5 Å². The Labute approximate surface area is 52.4 Å². The van der Waals surface area contributed by atoms with E-state index in [1.54, 1.807) is 0 Å². The molecule has 0 heterocycles. The van der Waals surface area contributed by atoms with E-state index in [4.69, 9.17) is 15.7 Å². The molecule has 0 aromatic carbocycles. The zero-order chi connectivity index (χ0) is 7.44. The minimum atomic E-state index is -3.27. The van der Waals surface area contributed by atoms with Gasteiger partial charge in [0.15, 0.2) is 5.91 Å². The quantitative estimate of drug-likeness (QED) is 0.462. The summed E-state index contributed by atoms with van der Waals surface area (Å²) in [5.74, 6) is -2.08. The number of halogens is 1. The summed E-state index contributed by atoms with van der Waals surface area (Å²) >= 11 is 0. The predicted molar refractivity (Wildman–Crippen MR) is 31.2 cm³/mol. The molecule has 56 valence electrons. The molecule has 0 aromatic heterocycles. The number of hydrogen-bond donors (Lipinski definition) is 3. The Morgan fingerprint density at radius 3 is 2.33 bits per heavy atom. The zero-order valence-electron chi connectivity index (χ0n) is 4.62. The molecule has 4 nitrogen and oxygen atoms in total. The van der Waals surface area contributed by atoms with Crippen LogP contribution in [0.4, 0.5) is 4.39 Å². The molecule has 6 heteroatoms. The molecule has 0 bridgehead atoms. The Hall–Kier alpha value is 0.0400.